The van der Waals surface area contributed by atoms with Crippen LogP contribution >= 0.6 is 0 Å². The number of amides is 2. The zero-order valence-electron chi connectivity index (χ0n) is 18.3. The molecule has 0 spiro atoms. The van der Waals surface area contributed by atoms with Gasteiger partial charge < -0.3 is 14.7 Å². The molecule has 2 aliphatic heterocycles. The van der Waals surface area contributed by atoms with Crippen molar-refractivity contribution >= 4 is 11.7 Å². The summed E-state index contributed by atoms with van der Waals surface area (Å²) in [6.07, 6.45) is 6.95. The smallest absolute Gasteiger partial charge is 0.322 e. The summed E-state index contributed by atoms with van der Waals surface area (Å²) in [5.41, 5.74) is 3.11. The van der Waals surface area contributed by atoms with Crippen molar-refractivity contribution in [1.29, 1.82) is 0 Å². The van der Waals surface area contributed by atoms with Gasteiger partial charge in [0.2, 0.25) is 0 Å². The lowest BCUT2D eigenvalue weighted by Gasteiger charge is -2.40. The predicted octanol–water partition coefficient (Wildman–Crippen LogP) is 4.98. The van der Waals surface area contributed by atoms with Crippen LogP contribution in [0.5, 0.6) is 0 Å². The van der Waals surface area contributed by atoms with Crippen molar-refractivity contribution in [2.75, 3.05) is 25.0 Å². The van der Waals surface area contributed by atoms with E-state index in [2.05, 4.69) is 20.3 Å². The fraction of sp³-hybridized carbons (Fsp3) is 0.583. The summed E-state index contributed by atoms with van der Waals surface area (Å²) in [5, 5.41) is 7.21. The monoisotopic (exact) mass is 410 g/mol. The minimum absolute atomic E-state index is 0.0613. The molecule has 0 aliphatic carbocycles. The van der Waals surface area contributed by atoms with Crippen molar-refractivity contribution in [3.8, 4) is 0 Å². The number of anilines is 1. The third kappa shape index (κ3) is 4.86. The summed E-state index contributed by atoms with van der Waals surface area (Å²) in [6.45, 7) is 7.93. The molecule has 2 saturated heterocycles. The number of urea groups is 1. The number of likely N-dealkylation sites (tertiary alicyclic amines) is 2. The Morgan fingerprint density at radius 3 is 2.53 bits per heavy atom. The van der Waals surface area contributed by atoms with Crippen molar-refractivity contribution in [2.45, 2.75) is 65.0 Å². The third-order valence-corrected chi connectivity index (χ3v) is 6.82. The first-order valence-corrected chi connectivity index (χ1v) is 11.4. The van der Waals surface area contributed by atoms with Crippen LogP contribution in [0.4, 0.5) is 10.5 Å². The van der Waals surface area contributed by atoms with Gasteiger partial charge in [-0.1, -0.05) is 36.2 Å². The molecule has 1 N–H and O–H groups in total. The summed E-state index contributed by atoms with van der Waals surface area (Å²) in [5.74, 6) is 1.51. The van der Waals surface area contributed by atoms with Gasteiger partial charge in [0.1, 0.15) is 5.76 Å². The maximum atomic E-state index is 13.1. The van der Waals surface area contributed by atoms with Gasteiger partial charge in [-0.2, -0.15) is 0 Å². The standard InChI is InChI=1S/C24H34N4O2/c1-18-22(19(2)30-26-18)17-27-15-12-20(13-16-27)23-11-7-4-8-14-28(23)24(29)25-21-9-5-3-6-10-21/h3,5-6,9-10,20,23H,4,7-8,11-17H2,1-2H3,(H,25,29)/t23-/m0/s1. The number of hydrogen-bond donors (Lipinski definition) is 1. The van der Waals surface area contributed by atoms with E-state index in [1.54, 1.807) is 0 Å². The first kappa shape index (κ1) is 20.9. The van der Waals surface area contributed by atoms with Crippen LogP contribution in [0.2, 0.25) is 0 Å². The van der Waals surface area contributed by atoms with Crippen LogP contribution in [0.3, 0.4) is 0 Å². The molecule has 1 aromatic carbocycles. The molecular weight excluding hydrogens is 376 g/mol. The maximum absolute atomic E-state index is 13.1. The third-order valence-electron chi connectivity index (χ3n) is 6.82. The highest BCUT2D eigenvalue weighted by Gasteiger charge is 2.34. The van der Waals surface area contributed by atoms with Gasteiger partial charge in [0.05, 0.1) is 5.69 Å². The van der Waals surface area contributed by atoms with Crippen LogP contribution in [0, 0.1) is 19.8 Å². The van der Waals surface area contributed by atoms with E-state index in [1.807, 2.05) is 44.2 Å². The molecule has 2 aliphatic rings. The Morgan fingerprint density at radius 2 is 1.83 bits per heavy atom. The van der Waals surface area contributed by atoms with E-state index in [9.17, 15) is 4.79 Å². The molecule has 1 atom stereocenters. The highest BCUT2D eigenvalue weighted by Crippen LogP contribution is 2.31. The van der Waals surface area contributed by atoms with E-state index in [0.717, 1.165) is 69.0 Å². The molecular formula is C24H34N4O2. The average Bonchev–Trinajstić information content (AvgIpc) is 2.96. The molecule has 0 unspecified atom stereocenters. The SMILES string of the molecule is Cc1noc(C)c1CN1CCC([C@@H]2CCCCCN2C(=O)Nc2ccccc2)CC1. The molecule has 2 amide bonds. The predicted molar refractivity (Wildman–Crippen MR) is 118 cm³/mol. The van der Waals surface area contributed by atoms with Gasteiger partial charge in [0.25, 0.3) is 0 Å². The van der Waals surface area contributed by atoms with Crippen molar-refractivity contribution in [3.05, 3.63) is 47.3 Å². The van der Waals surface area contributed by atoms with Crippen molar-refractivity contribution < 1.29 is 9.32 Å². The van der Waals surface area contributed by atoms with Gasteiger partial charge in [0, 0.05) is 30.4 Å². The van der Waals surface area contributed by atoms with E-state index >= 15 is 0 Å². The van der Waals surface area contributed by atoms with Gasteiger partial charge in [0.15, 0.2) is 0 Å². The number of nitrogens with one attached hydrogen (secondary N) is 1. The maximum Gasteiger partial charge on any atom is 0.322 e. The number of para-hydroxylation sites is 1. The molecule has 30 heavy (non-hydrogen) atoms. The molecule has 4 rings (SSSR count). The lowest BCUT2D eigenvalue weighted by Crippen LogP contribution is -2.49. The van der Waals surface area contributed by atoms with Gasteiger partial charge in [-0.05, 0) is 70.7 Å². The van der Waals surface area contributed by atoms with Crippen LogP contribution in [-0.4, -0.2) is 46.7 Å². The van der Waals surface area contributed by atoms with Gasteiger partial charge in [-0.15, -0.1) is 0 Å². The van der Waals surface area contributed by atoms with Crippen LogP contribution in [0.1, 0.15) is 55.5 Å². The van der Waals surface area contributed by atoms with Crippen LogP contribution in [-0.2, 0) is 6.54 Å². The molecule has 6 nitrogen and oxygen atoms in total. The van der Waals surface area contributed by atoms with E-state index in [0.29, 0.717) is 12.0 Å². The zero-order valence-corrected chi connectivity index (χ0v) is 18.3. The first-order valence-electron chi connectivity index (χ1n) is 11.4. The largest absolute Gasteiger partial charge is 0.361 e. The number of hydrogen-bond acceptors (Lipinski definition) is 4. The quantitative estimate of drug-likeness (QED) is 0.772. The summed E-state index contributed by atoms with van der Waals surface area (Å²) in [7, 11) is 0. The molecule has 2 fully saturated rings. The Morgan fingerprint density at radius 1 is 1.07 bits per heavy atom. The number of carbonyl (C=O) groups excluding carboxylic acids is 1. The summed E-state index contributed by atoms with van der Waals surface area (Å²) in [4.78, 5) is 17.8. The minimum atomic E-state index is 0.0613. The second-order valence-electron chi connectivity index (χ2n) is 8.82. The van der Waals surface area contributed by atoms with E-state index in [4.69, 9.17) is 4.52 Å². The van der Waals surface area contributed by atoms with E-state index in [-0.39, 0.29) is 6.03 Å². The summed E-state index contributed by atoms with van der Waals surface area (Å²) in [6, 6.07) is 10.2. The van der Waals surface area contributed by atoms with Crippen molar-refractivity contribution in [1.82, 2.24) is 15.0 Å². The normalized spacial score (nSPS) is 21.4. The van der Waals surface area contributed by atoms with Crippen molar-refractivity contribution in [2.24, 2.45) is 5.92 Å². The highest BCUT2D eigenvalue weighted by molar-refractivity contribution is 5.89. The molecule has 0 bridgehead atoms. The number of carbonyl (C=O) groups is 1. The Balaban J connectivity index is 1.38. The number of benzene rings is 1. The average molecular weight is 411 g/mol. The van der Waals surface area contributed by atoms with Gasteiger partial charge in [-0.3, -0.25) is 4.90 Å². The molecule has 1 aromatic heterocycles. The molecule has 2 aromatic rings. The van der Waals surface area contributed by atoms with Gasteiger partial charge in [-0.25, -0.2) is 4.79 Å². The first-order chi connectivity index (χ1) is 14.6. The Bertz CT molecular complexity index is 807. The lowest BCUT2D eigenvalue weighted by atomic mass is 9.86. The Kier molecular flexibility index (Phi) is 6.72. The summed E-state index contributed by atoms with van der Waals surface area (Å²) < 4.78 is 5.33. The number of aromatic nitrogens is 1. The topological polar surface area (TPSA) is 61.6 Å². The van der Waals surface area contributed by atoms with E-state index < -0.39 is 0 Å². The van der Waals surface area contributed by atoms with Crippen molar-refractivity contribution in [3.63, 3.8) is 0 Å². The molecule has 3 heterocycles. The molecule has 0 saturated carbocycles. The number of nitrogens with zero attached hydrogens (tertiary/aromatic N) is 3. The fourth-order valence-electron chi connectivity index (χ4n) is 5.04. The Labute approximate surface area is 179 Å². The Hall–Kier alpha value is -2.34. The minimum Gasteiger partial charge on any atom is -0.361 e. The molecule has 6 heteroatoms. The highest BCUT2D eigenvalue weighted by atomic mass is 16.5. The fourth-order valence-corrected chi connectivity index (χ4v) is 5.04. The molecule has 0 radical (unpaired) electrons. The second kappa shape index (κ2) is 9.65. The molecule has 162 valence electrons. The number of piperidine rings is 1. The van der Waals surface area contributed by atoms with Gasteiger partial charge >= 0.3 is 6.03 Å². The van der Waals surface area contributed by atoms with Crippen LogP contribution < -0.4 is 5.32 Å². The number of aryl methyl sites for hydroxylation is 2. The summed E-state index contributed by atoms with van der Waals surface area (Å²) >= 11 is 0. The lowest BCUT2D eigenvalue weighted by molar-refractivity contribution is 0.103. The number of rotatable bonds is 4. The van der Waals surface area contributed by atoms with Crippen LogP contribution in [0.15, 0.2) is 34.9 Å². The zero-order chi connectivity index (χ0) is 20.9. The van der Waals surface area contributed by atoms with E-state index in [1.165, 1.54) is 18.4 Å². The second-order valence-corrected chi connectivity index (χ2v) is 8.82. The van der Waals surface area contributed by atoms with Crippen LogP contribution in [0.25, 0.3) is 0 Å².